The summed E-state index contributed by atoms with van der Waals surface area (Å²) in [6.45, 7) is 1.24. The molecular weight excluding hydrogens is 165 g/mol. The summed E-state index contributed by atoms with van der Waals surface area (Å²) >= 11 is 0. The van der Waals surface area contributed by atoms with E-state index in [1.807, 2.05) is 0 Å². The second kappa shape index (κ2) is 3.29. The van der Waals surface area contributed by atoms with Crippen LogP contribution in [-0.4, -0.2) is 32.0 Å². The van der Waals surface area contributed by atoms with Crippen molar-refractivity contribution in [2.75, 3.05) is 0 Å². The zero-order valence-corrected chi connectivity index (χ0v) is 6.44. The molecule has 0 aliphatic heterocycles. The summed E-state index contributed by atoms with van der Waals surface area (Å²) in [5.74, 6) is -1.44. The van der Waals surface area contributed by atoms with Gasteiger partial charge >= 0.3 is 5.97 Å². The van der Waals surface area contributed by atoms with Crippen molar-refractivity contribution in [1.29, 1.82) is 0 Å². The van der Waals surface area contributed by atoms with Crippen molar-refractivity contribution in [2.45, 2.75) is 19.6 Å². The van der Waals surface area contributed by atoms with E-state index in [4.69, 9.17) is 5.11 Å². The second-order valence-corrected chi connectivity index (χ2v) is 2.35. The van der Waals surface area contributed by atoms with E-state index in [9.17, 15) is 9.18 Å². The molecule has 0 fully saturated rings. The molecule has 1 aromatic heterocycles. The molecule has 1 rings (SSSR count). The van der Waals surface area contributed by atoms with E-state index in [0.717, 1.165) is 11.0 Å². The maximum atomic E-state index is 12.4. The first kappa shape index (κ1) is 8.63. The third-order valence-electron chi connectivity index (χ3n) is 1.23. The highest BCUT2D eigenvalue weighted by molar-refractivity contribution is 5.83. The number of nitrogens with zero attached hydrogens (tertiary/aromatic N) is 3. The van der Waals surface area contributed by atoms with Crippen molar-refractivity contribution in [2.24, 2.45) is 0 Å². The van der Waals surface area contributed by atoms with Gasteiger partial charge in [-0.25, -0.2) is 18.9 Å². The number of hydrogen-bond donors (Lipinski definition) is 1. The summed E-state index contributed by atoms with van der Waals surface area (Å²) in [6.07, 6.45) is -0.0453. The smallest absolute Gasteiger partial charge is 0.373 e. The highest BCUT2D eigenvalue weighted by Crippen LogP contribution is 1.98. The van der Waals surface area contributed by atoms with Gasteiger partial charge in [0, 0.05) is 0 Å². The molecule has 1 aromatic rings. The lowest BCUT2D eigenvalue weighted by Crippen LogP contribution is -2.15. The van der Waals surface area contributed by atoms with Crippen LogP contribution < -0.4 is 0 Å². The molecular formula is C6H8FN3O2. The molecule has 1 unspecified atom stereocenters. The van der Waals surface area contributed by atoms with Gasteiger partial charge in [-0.05, 0) is 6.92 Å². The Labute approximate surface area is 67.8 Å². The van der Waals surface area contributed by atoms with Crippen LogP contribution in [0.5, 0.6) is 0 Å². The SMILES string of the molecule is CC(F)Cn1ncnc1C(=O)O. The maximum Gasteiger partial charge on any atom is 0.373 e. The Morgan fingerprint density at radius 2 is 2.58 bits per heavy atom. The third kappa shape index (κ3) is 1.77. The van der Waals surface area contributed by atoms with Gasteiger partial charge in [0.25, 0.3) is 0 Å². The summed E-state index contributed by atoms with van der Waals surface area (Å²) in [5, 5.41) is 12.1. The van der Waals surface area contributed by atoms with Crippen LogP contribution in [0.4, 0.5) is 4.39 Å². The minimum atomic E-state index is -1.20. The van der Waals surface area contributed by atoms with Gasteiger partial charge in [-0.15, -0.1) is 0 Å². The zero-order valence-electron chi connectivity index (χ0n) is 6.44. The number of carboxylic acid groups (broad SMARTS) is 1. The van der Waals surface area contributed by atoms with Gasteiger partial charge < -0.3 is 5.11 Å². The van der Waals surface area contributed by atoms with Gasteiger partial charge in [-0.2, -0.15) is 5.10 Å². The molecule has 0 saturated carbocycles. The quantitative estimate of drug-likeness (QED) is 0.715. The fraction of sp³-hybridized carbons (Fsp3) is 0.500. The Morgan fingerprint density at radius 1 is 1.92 bits per heavy atom. The minimum absolute atomic E-state index is 0.0817. The van der Waals surface area contributed by atoms with E-state index < -0.39 is 12.1 Å². The van der Waals surface area contributed by atoms with Crippen molar-refractivity contribution < 1.29 is 14.3 Å². The summed E-state index contributed by atoms with van der Waals surface area (Å²) in [4.78, 5) is 13.9. The molecule has 0 aliphatic rings. The predicted molar refractivity (Wildman–Crippen MR) is 37.6 cm³/mol. The summed E-state index contributed by atoms with van der Waals surface area (Å²) in [7, 11) is 0. The molecule has 0 spiro atoms. The fourth-order valence-electron chi connectivity index (χ4n) is 0.802. The molecule has 0 aromatic carbocycles. The minimum Gasteiger partial charge on any atom is -0.475 e. The Morgan fingerprint density at radius 3 is 3.08 bits per heavy atom. The molecule has 12 heavy (non-hydrogen) atoms. The van der Waals surface area contributed by atoms with Gasteiger partial charge in [0.15, 0.2) is 0 Å². The lowest BCUT2D eigenvalue weighted by molar-refractivity contribution is 0.0674. The van der Waals surface area contributed by atoms with E-state index in [1.165, 1.54) is 6.92 Å². The van der Waals surface area contributed by atoms with E-state index >= 15 is 0 Å². The molecule has 0 bridgehead atoms. The first-order chi connectivity index (χ1) is 5.61. The molecule has 5 nitrogen and oxygen atoms in total. The van der Waals surface area contributed by atoms with Gasteiger partial charge in [-0.3, -0.25) is 0 Å². The summed E-state index contributed by atoms with van der Waals surface area (Å²) in [5.41, 5.74) is 0. The molecule has 1 heterocycles. The summed E-state index contributed by atoms with van der Waals surface area (Å²) < 4.78 is 13.4. The van der Waals surface area contributed by atoms with Crippen molar-refractivity contribution in [3.8, 4) is 0 Å². The van der Waals surface area contributed by atoms with Crippen LogP contribution in [0.15, 0.2) is 6.33 Å². The van der Waals surface area contributed by atoms with Crippen molar-refractivity contribution >= 4 is 5.97 Å². The largest absolute Gasteiger partial charge is 0.475 e. The average molecular weight is 173 g/mol. The molecule has 6 heteroatoms. The van der Waals surface area contributed by atoms with Gasteiger partial charge in [0.05, 0.1) is 6.54 Å². The Bertz CT molecular complexity index is 284. The highest BCUT2D eigenvalue weighted by Gasteiger charge is 2.13. The Kier molecular flexibility index (Phi) is 2.37. The van der Waals surface area contributed by atoms with Crippen LogP contribution in [-0.2, 0) is 6.54 Å². The maximum absolute atomic E-state index is 12.4. The van der Waals surface area contributed by atoms with Crippen LogP contribution in [0, 0.1) is 0 Å². The Balaban J connectivity index is 2.84. The number of aromatic carboxylic acids is 1. The number of alkyl halides is 1. The molecule has 1 atom stereocenters. The van der Waals surface area contributed by atoms with Crippen molar-refractivity contribution in [1.82, 2.24) is 14.8 Å². The number of rotatable bonds is 3. The average Bonchev–Trinajstić information content (AvgIpc) is 2.33. The van der Waals surface area contributed by atoms with E-state index in [0.29, 0.717) is 0 Å². The fourth-order valence-corrected chi connectivity index (χ4v) is 0.802. The second-order valence-electron chi connectivity index (χ2n) is 2.35. The number of carboxylic acids is 1. The normalized spacial score (nSPS) is 12.8. The van der Waals surface area contributed by atoms with E-state index in [2.05, 4.69) is 10.1 Å². The molecule has 0 radical (unpaired) electrons. The predicted octanol–water partition coefficient (Wildman–Crippen LogP) is 0.334. The van der Waals surface area contributed by atoms with Gasteiger partial charge in [0.1, 0.15) is 12.5 Å². The van der Waals surface area contributed by atoms with Crippen LogP contribution in [0.1, 0.15) is 17.5 Å². The monoisotopic (exact) mass is 173 g/mol. The van der Waals surface area contributed by atoms with Crippen LogP contribution in [0.3, 0.4) is 0 Å². The molecule has 1 N–H and O–H groups in total. The summed E-state index contributed by atoms with van der Waals surface area (Å²) in [6, 6.07) is 0. The molecule has 0 aliphatic carbocycles. The molecule has 0 saturated heterocycles. The molecule has 66 valence electrons. The van der Waals surface area contributed by atoms with E-state index in [1.54, 1.807) is 0 Å². The lowest BCUT2D eigenvalue weighted by Gasteiger charge is -2.02. The number of aromatic nitrogens is 3. The van der Waals surface area contributed by atoms with Crippen LogP contribution >= 0.6 is 0 Å². The zero-order chi connectivity index (χ0) is 9.14. The van der Waals surface area contributed by atoms with Gasteiger partial charge in [-0.1, -0.05) is 0 Å². The number of carbonyl (C=O) groups is 1. The van der Waals surface area contributed by atoms with Gasteiger partial charge in [0.2, 0.25) is 5.82 Å². The number of halogens is 1. The molecule has 0 amide bonds. The standard InChI is InChI=1S/C6H8FN3O2/c1-4(7)2-10-5(6(11)12)8-3-9-10/h3-4H,2H2,1H3,(H,11,12). The van der Waals surface area contributed by atoms with Crippen molar-refractivity contribution in [3.05, 3.63) is 12.2 Å². The van der Waals surface area contributed by atoms with E-state index in [-0.39, 0.29) is 12.4 Å². The number of hydrogen-bond acceptors (Lipinski definition) is 3. The lowest BCUT2D eigenvalue weighted by atomic mass is 10.4. The van der Waals surface area contributed by atoms with Crippen LogP contribution in [0.25, 0.3) is 0 Å². The highest BCUT2D eigenvalue weighted by atomic mass is 19.1. The first-order valence-electron chi connectivity index (χ1n) is 3.36. The topological polar surface area (TPSA) is 68.0 Å². The third-order valence-corrected chi connectivity index (χ3v) is 1.23. The Hall–Kier alpha value is -1.46. The van der Waals surface area contributed by atoms with Crippen LogP contribution in [0.2, 0.25) is 0 Å². The first-order valence-corrected chi connectivity index (χ1v) is 3.36. The van der Waals surface area contributed by atoms with Crippen molar-refractivity contribution in [3.63, 3.8) is 0 Å².